The van der Waals surface area contributed by atoms with E-state index in [1.165, 1.54) is 0 Å². The van der Waals surface area contributed by atoms with Crippen molar-refractivity contribution in [2.24, 2.45) is 0 Å². The highest BCUT2D eigenvalue weighted by molar-refractivity contribution is 6.28. The Labute approximate surface area is 126 Å². The Morgan fingerprint density at radius 1 is 1.43 bits per heavy atom. The summed E-state index contributed by atoms with van der Waals surface area (Å²) < 4.78 is 44.0. The molecular weight excluding hydrogens is 307 g/mol. The van der Waals surface area contributed by atoms with Gasteiger partial charge in [-0.25, -0.2) is 9.97 Å². The van der Waals surface area contributed by atoms with Gasteiger partial charge in [-0.05, 0) is 30.9 Å². The van der Waals surface area contributed by atoms with Crippen molar-refractivity contribution in [3.05, 3.63) is 17.0 Å². The van der Waals surface area contributed by atoms with Gasteiger partial charge in [0.25, 0.3) is 0 Å². The monoisotopic (exact) mass is 323 g/mol. The molecule has 1 atom stereocenters. The summed E-state index contributed by atoms with van der Waals surface area (Å²) in [7, 11) is 0. The highest BCUT2D eigenvalue weighted by atomic mass is 35.5. The summed E-state index contributed by atoms with van der Waals surface area (Å²) in [6.45, 7) is 3.82. The van der Waals surface area contributed by atoms with Crippen LogP contribution in [0.25, 0.3) is 0 Å². The lowest BCUT2D eigenvalue weighted by Gasteiger charge is -2.33. The molecule has 8 heteroatoms. The molecule has 0 aliphatic carbocycles. The predicted octanol–water partition coefficient (Wildman–Crippen LogP) is 3.54. The lowest BCUT2D eigenvalue weighted by Crippen LogP contribution is -2.40. The predicted molar refractivity (Wildman–Crippen MR) is 73.5 cm³/mol. The van der Waals surface area contributed by atoms with Crippen LogP contribution in [0.4, 0.5) is 19.0 Å². The fourth-order valence-corrected chi connectivity index (χ4v) is 2.46. The molecule has 1 aromatic rings. The molecule has 0 aromatic carbocycles. The van der Waals surface area contributed by atoms with E-state index in [2.05, 4.69) is 9.97 Å². The molecule has 2 heterocycles. The van der Waals surface area contributed by atoms with Gasteiger partial charge < -0.3 is 9.64 Å². The summed E-state index contributed by atoms with van der Waals surface area (Å²) >= 11 is 5.62. The normalized spacial score (nSPS) is 19.9. The molecule has 1 unspecified atom stereocenters. The number of alkyl halides is 3. The first kappa shape index (κ1) is 16.3. The lowest BCUT2D eigenvalue weighted by atomic mass is 10.1. The molecule has 0 bridgehead atoms. The van der Waals surface area contributed by atoms with E-state index in [9.17, 15) is 13.2 Å². The Balaban J connectivity index is 2.15. The van der Waals surface area contributed by atoms with Gasteiger partial charge in [-0.2, -0.15) is 13.2 Å². The number of ether oxygens (including phenoxy) is 1. The third-order valence-corrected chi connectivity index (χ3v) is 3.40. The van der Waals surface area contributed by atoms with Gasteiger partial charge in [0.1, 0.15) is 5.82 Å². The smallest absolute Gasteiger partial charge is 0.376 e. The molecule has 0 saturated carbocycles. The maximum Gasteiger partial charge on any atom is 0.433 e. The van der Waals surface area contributed by atoms with E-state index in [1.54, 1.807) is 4.90 Å². The number of rotatable bonds is 4. The average molecular weight is 324 g/mol. The third kappa shape index (κ3) is 4.44. The van der Waals surface area contributed by atoms with Crippen molar-refractivity contribution in [3.63, 3.8) is 0 Å². The first-order valence-corrected chi connectivity index (χ1v) is 7.26. The number of halogens is 4. The van der Waals surface area contributed by atoms with Crippen molar-refractivity contribution in [2.75, 3.05) is 24.6 Å². The molecule has 1 aliphatic rings. The summed E-state index contributed by atoms with van der Waals surface area (Å²) in [6.07, 6.45) is -1.86. The van der Waals surface area contributed by atoms with Gasteiger partial charge in [0, 0.05) is 25.8 Å². The van der Waals surface area contributed by atoms with Crippen molar-refractivity contribution in [3.8, 4) is 0 Å². The third-order valence-electron chi connectivity index (χ3n) is 3.24. The van der Waals surface area contributed by atoms with Crippen LogP contribution in [0.3, 0.4) is 0 Å². The molecule has 4 nitrogen and oxygen atoms in total. The van der Waals surface area contributed by atoms with Crippen molar-refractivity contribution in [2.45, 2.75) is 38.5 Å². The van der Waals surface area contributed by atoms with Gasteiger partial charge >= 0.3 is 6.18 Å². The van der Waals surface area contributed by atoms with Gasteiger partial charge in [0.05, 0.1) is 6.10 Å². The molecule has 21 heavy (non-hydrogen) atoms. The second-order valence-corrected chi connectivity index (χ2v) is 5.30. The molecule has 0 radical (unpaired) electrons. The molecule has 1 aromatic heterocycles. The van der Waals surface area contributed by atoms with Gasteiger partial charge in [-0.1, -0.05) is 6.92 Å². The highest BCUT2D eigenvalue weighted by Crippen LogP contribution is 2.31. The molecule has 0 N–H and O–H groups in total. The Kier molecular flexibility index (Phi) is 5.27. The van der Waals surface area contributed by atoms with Crippen molar-refractivity contribution in [1.29, 1.82) is 0 Å². The Morgan fingerprint density at radius 3 is 2.86 bits per heavy atom. The molecular formula is C13H17ClF3N3O. The summed E-state index contributed by atoms with van der Waals surface area (Å²) in [5, 5.41) is -0.392. The summed E-state index contributed by atoms with van der Waals surface area (Å²) in [6, 6.07) is 0.939. The molecule has 0 amide bonds. The van der Waals surface area contributed by atoms with Gasteiger partial charge in [0.2, 0.25) is 5.28 Å². The number of nitrogens with zero attached hydrogens (tertiary/aromatic N) is 3. The van der Waals surface area contributed by atoms with Crippen LogP contribution in [-0.4, -0.2) is 35.8 Å². The van der Waals surface area contributed by atoms with E-state index in [-0.39, 0.29) is 11.9 Å². The highest BCUT2D eigenvalue weighted by Gasteiger charge is 2.34. The Morgan fingerprint density at radius 2 is 2.19 bits per heavy atom. The van der Waals surface area contributed by atoms with Crippen LogP contribution < -0.4 is 4.90 Å². The molecule has 2 rings (SSSR count). The minimum absolute atomic E-state index is 0.0155. The topological polar surface area (TPSA) is 38.2 Å². The summed E-state index contributed by atoms with van der Waals surface area (Å²) in [5.74, 6) is 0.201. The quantitative estimate of drug-likeness (QED) is 0.794. The van der Waals surface area contributed by atoms with Crippen LogP contribution in [0.2, 0.25) is 5.28 Å². The SMILES string of the molecule is CCCOC1CCCN(c2cc(C(F)(F)F)nc(Cl)n2)C1. The minimum Gasteiger partial charge on any atom is -0.376 e. The minimum atomic E-state index is -4.53. The molecule has 1 aliphatic heterocycles. The van der Waals surface area contributed by atoms with Crippen LogP contribution >= 0.6 is 11.6 Å². The van der Waals surface area contributed by atoms with Crippen LogP contribution in [0.15, 0.2) is 6.07 Å². The molecule has 1 saturated heterocycles. The van der Waals surface area contributed by atoms with Crippen LogP contribution in [-0.2, 0) is 10.9 Å². The maximum absolute atomic E-state index is 12.8. The Bertz CT molecular complexity index is 484. The first-order valence-electron chi connectivity index (χ1n) is 6.88. The fraction of sp³-hybridized carbons (Fsp3) is 0.692. The largest absolute Gasteiger partial charge is 0.433 e. The van der Waals surface area contributed by atoms with Gasteiger partial charge in [-0.3, -0.25) is 0 Å². The van der Waals surface area contributed by atoms with Crippen molar-refractivity contribution >= 4 is 17.4 Å². The summed E-state index contributed by atoms with van der Waals surface area (Å²) in [4.78, 5) is 8.92. The molecule has 118 valence electrons. The second-order valence-electron chi connectivity index (χ2n) is 4.96. The van der Waals surface area contributed by atoms with E-state index < -0.39 is 17.2 Å². The second kappa shape index (κ2) is 6.79. The number of hydrogen-bond acceptors (Lipinski definition) is 4. The van der Waals surface area contributed by atoms with Crippen LogP contribution in [0, 0.1) is 0 Å². The molecule has 0 spiro atoms. The maximum atomic E-state index is 12.8. The first-order chi connectivity index (χ1) is 9.90. The number of aromatic nitrogens is 2. The number of anilines is 1. The van der Waals surface area contributed by atoms with Crippen molar-refractivity contribution < 1.29 is 17.9 Å². The zero-order valence-electron chi connectivity index (χ0n) is 11.7. The van der Waals surface area contributed by atoms with Gasteiger partial charge in [-0.15, -0.1) is 0 Å². The fourth-order valence-electron chi connectivity index (χ4n) is 2.28. The average Bonchev–Trinajstić information content (AvgIpc) is 2.44. The zero-order chi connectivity index (χ0) is 15.5. The van der Waals surface area contributed by atoms with E-state index in [0.29, 0.717) is 19.7 Å². The number of piperidine rings is 1. The van der Waals surface area contributed by atoms with Crippen LogP contribution in [0.5, 0.6) is 0 Å². The van der Waals surface area contributed by atoms with E-state index in [1.807, 2.05) is 6.92 Å². The van der Waals surface area contributed by atoms with Gasteiger partial charge in [0.15, 0.2) is 5.69 Å². The van der Waals surface area contributed by atoms with Crippen molar-refractivity contribution in [1.82, 2.24) is 9.97 Å². The van der Waals surface area contributed by atoms with E-state index >= 15 is 0 Å². The van der Waals surface area contributed by atoms with E-state index in [4.69, 9.17) is 16.3 Å². The van der Waals surface area contributed by atoms with E-state index in [0.717, 1.165) is 25.3 Å². The Hall–Kier alpha value is -1.08. The van der Waals surface area contributed by atoms with Crippen LogP contribution in [0.1, 0.15) is 31.9 Å². The molecule has 1 fully saturated rings. The lowest BCUT2D eigenvalue weighted by molar-refractivity contribution is -0.141. The standard InChI is InChI=1S/C13H17ClF3N3O/c1-2-6-21-9-4-3-5-20(8-9)11-7-10(13(15,16)17)18-12(14)19-11/h7,9H,2-6,8H2,1H3. The summed E-state index contributed by atoms with van der Waals surface area (Å²) in [5.41, 5.74) is -1.02. The number of hydrogen-bond donors (Lipinski definition) is 0. The zero-order valence-corrected chi connectivity index (χ0v) is 12.4.